The summed E-state index contributed by atoms with van der Waals surface area (Å²) in [7, 11) is 0. The number of hydrogen-bond donors (Lipinski definition) is 0. The van der Waals surface area contributed by atoms with Gasteiger partial charge in [-0.2, -0.15) is 0 Å². The summed E-state index contributed by atoms with van der Waals surface area (Å²) in [6, 6.07) is 0. The van der Waals surface area contributed by atoms with Crippen LogP contribution in [-0.4, -0.2) is 0 Å². The van der Waals surface area contributed by atoms with Crippen LogP contribution in [0.1, 0.15) is 0 Å². The van der Waals surface area contributed by atoms with E-state index < -0.39 is 18.1 Å². The molecule has 32 valence electrons. The molecular formula is Fr4O4Ti. The van der Waals surface area contributed by atoms with Crippen LogP contribution < -0.4 is 14.8 Å². The average Bonchev–Trinajstić information content (AvgIpc) is 0.722. The summed E-state index contributed by atoms with van der Waals surface area (Å²) in [6.45, 7) is 0. The number of rotatable bonds is 0. The Morgan fingerprint density at radius 2 is 0.556 bits per heavy atom. The van der Waals surface area contributed by atoms with Gasteiger partial charge < -0.3 is 0 Å². The van der Waals surface area contributed by atoms with Crippen molar-refractivity contribution in [1.82, 2.24) is 0 Å². The fourth-order valence-corrected chi connectivity index (χ4v) is 0. The first-order valence-corrected chi connectivity index (χ1v) is 3.37. The maximum absolute atomic E-state index is 8.62. The zero-order valence-electron chi connectivity index (χ0n) is 6.13. The molecule has 4 nitrogen and oxygen atoms in total. The molecule has 0 N–H and O–H groups in total. The molecule has 0 aliphatic heterocycles. The molecule has 9 heteroatoms. The SMILES string of the molecule is [Fr+].[Fr+].[Fr+].[Fr+].[O-][Ti]([O-])([O-])[O-]. The van der Waals surface area contributed by atoms with Gasteiger partial charge in [-0.1, -0.05) is 0 Å². The fraction of sp³-hybridized carbons (Fsp3) is 0. The van der Waals surface area contributed by atoms with Crippen LogP contribution in [0.25, 0.3) is 0 Å². The van der Waals surface area contributed by atoms with Crippen molar-refractivity contribution in [2.45, 2.75) is 0 Å². The van der Waals surface area contributed by atoms with Crippen LogP contribution in [0.3, 0.4) is 0 Å². The second kappa shape index (κ2) is 17.3. The monoisotopic (exact) mass is 1000 g/mol. The normalized spacial score (nSPS) is 6.67. The van der Waals surface area contributed by atoms with Gasteiger partial charge in [0, 0.05) is 0 Å². The molecule has 0 spiro atoms. The van der Waals surface area contributed by atoms with Gasteiger partial charge in [0.2, 0.25) is 0 Å². The van der Waals surface area contributed by atoms with E-state index in [4.69, 9.17) is 14.8 Å². The van der Waals surface area contributed by atoms with Gasteiger partial charge in [-0.05, 0) is 0 Å². The summed E-state index contributed by atoms with van der Waals surface area (Å²) in [6.07, 6.45) is 0. The van der Waals surface area contributed by atoms with Crippen LogP contribution in [-0.2, 0) is 18.1 Å². The molecule has 0 rings (SSSR count). The molecule has 0 atom stereocenters. The van der Waals surface area contributed by atoms with Gasteiger partial charge in [-0.15, -0.1) is 0 Å². The van der Waals surface area contributed by atoms with Crippen LogP contribution in [0.4, 0.5) is 0 Å². The van der Waals surface area contributed by atoms with Gasteiger partial charge in [0.05, 0.1) is 0 Å². The molecule has 0 aliphatic rings. The molecule has 0 aromatic rings. The molecule has 0 saturated heterocycles. The Morgan fingerprint density at radius 1 is 0.556 bits per heavy atom. The van der Waals surface area contributed by atoms with Crippen LogP contribution in [0, 0.1) is 199 Å². The molecule has 0 aromatic carbocycles. The summed E-state index contributed by atoms with van der Waals surface area (Å²) in [5.41, 5.74) is 0. The topological polar surface area (TPSA) is 92.2 Å². The first-order valence-electron chi connectivity index (χ1n) is 0.816. The van der Waals surface area contributed by atoms with Crippen LogP contribution in [0.15, 0.2) is 0 Å². The van der Waals surface area contributed by atoms with E-state index in [9.17, 15) is 0 Å². The van der Waals surface area contributed by atoms with Crippen molar-refractivity contribution in [3.05, 3.63) is 0 Å². The standard InChI is InChI=1S/4Fr.4O.Ti/q4*+1;4*-1;. The van der Waals surface area contributed by atoms with Gasteiger partial charge in [-0.3, -0.25) is 0 Å². The Balaban J connectivity index is -0.0000000133. The minimum atomic E-state index is -6.00. The summed E-state index contributed by atoms with van der Waals surface area (Å²) in [5, 5.41) is 0. The third kappa shape index (κ3) is 51.9. The molecule has 0 amide bonds. The van der Waals surface area contributed by atoms with Gasteiger partial charge in [0.25, 0.3) is 0 Å². The van der Waals surface area contributed by atoms with E-state index in [1.807, 2.05) is 0 Å². The van der Waals surface area contributed by atoms with Gasteiger partial charge in [0.1, 0.15) is 0 Å². The molecule has 0 unspecified atom stereocenters. The average molecular weight is 1000 g/mol. The predicted molar refractivity (Wildman–Crippen MR) is 0 cm³/mol. The van der Waals surface area contributed by atoms with Crippen molar-refractivity contribution in [3.63, 3.8) is 0 Å². The molecule has 0 fully saturated rings. The van der Waals surface area contributed by atoms with Gasteiger partial charge in [-0.25, -0.2) is 0 Å². The second-order valence-corrected chi connectivity index (χ2v) is 2.06. The predicted octanol–water partition coefficient (Wildman–Crippen LogP) is -4.76. The molecule has 0 bridgehead atoms. The van der Waals surface area contributed by atoms with Crippen LogP contribution in [0.2, 0.25) is 0 Å². The molecule has 0 saturated carbocycles. The van der Waals surface area contributed by atoms with E-state index in [-0.39, 0.29) is 199 Å². The van der Waals surface area contributed by atoms with E-state index in [2.05, 4.69) is 0 Å². The van der Waals surface area contributed by atoms with Crippen molar-refractivity contribution in [1.29, 1.82) is 0 Å². The molecule has 9 heavy (non-hydrogen) atoms. The summed E-state index contributed by atoms with van der Waals surface area (Å²) in [5.74, 6) is 0. The third-order valence-corrected chi connectivity index (χ3v) is 0. The first-order chi connectivity index (χ1) is 2.00. The van der Waals surface area contributed by atoms with E-state index >= 15 is 0 Å². The zero-order chi connectivity index (χ0) is 4.50. The molecule has 0 aliphatic carbocycles. The Labute approximate surface area is 224 Å². The van der Waals surface area contributed by atoms with Crippen molar-refractivity contribution in [3.8, 4) is 0 Å². The Hall–Kier alpha value is 6.94. The second-order valence-electron chi connectivity index (χ2n) is 0.500. The van der Waals surface area contributed by atoms with E-state index in [1.54, 1.807) is 0 Å². The Bertz CT molecular complexity index is 28.0. The summed E-state index contributed by atoms with van der Waals surface area (Å²) in [4.78, 5) is 0. The summed E-state index contributed by atoms with van der Waals surface area (Å²) < 4.78 is 34.5. The van der Waals surface area contributed by atoms with Crippen molar-refractivity contribution in [2.24, 2.45) is 0 Å². The van der Waals surface area contributed by atoms with Crippen LogP contribution in [0.5, 0.6) is 0 Å². The molecule has 0 radical (unpaired) electrons. The zero-order valence-corrected chi connectivity index (χ0v) is 40.6. The van der Waals surface area contributed by atoms with E-state index in [0.29, 0.717) is 0 Å². The molecule has 0 aromatic heterocycles. The maximum atomic E-state index is 8.62. The molecule has 0 heterocycles. The van der Waals surface area contributed by atoms with E-state index in [1.165, 1.54) is 0 Å². The van der Waals surface area contributed by atoms with Crippen molar-refractivity contribution < 1.29 is 232 Å². The van der Waals surface area contributed by atoms with Gasteiger partial charge in [0.15, 0.2) is 0 Å². The molecular weight excluding hydrogens is 1000 g/mol. The summed E-state index contributed by atoms with van der Waals surface area (Å²) >= 11 is -6.00. The van der Waals surface area contributed by atoms with Crippen molar-refractivity contribution >= 4 is 0 Å². The third-order valence-electron chi connectivity index (χ3n) is 0. The Kier molecular flexibility index (Phi) is 57.3. The minimum absolute atomic E-state index is 0. The van der Waals surface area contributed by atoms with Gasteiger partial charge >= 0.3 is 232 Å². The number of hydrogen-bond acceptors (Lipinski definition) is 4. The quantitative estimate of drug-likeness (QED) is 0.229. The van der Waals surface area contributed by atoms with Crippen LogP contribution >= 0.6 is 0 Å². The Morgan fingerprint density at radius 3 is 0.556 bits per heavy atom. The fourth-order valence-electron chi connectivity index (χ4n) is 0. The van der Waals surface area contributed by atoms with E-state index in [0.717, 1.165) is 0 Å². The van der Waals surface area contributed by atoms with Crippen molar-refractivity contribution in [2.75, 3.05) is 0 Å². The first kappa shape index (κ1) is 29.7.